The Morgan fingerprint density at radius 3 is 1.21 bits per heavy atom. The van der Waals surface area contributed by atoms with E-state index < -0.39 is 0 Å². The van der Waals surface area contributed by atoms with Crippen molar-refractivity contribution in [3.8, 4) is 0 Å². The Hall–Kier alpha value is -0.0400. The topological polar surface area (TPSA) is 26.0 Å². The maximum Gasteiger partial charge on any atom is 0.00954 e. The Morgan fingerprint density at radius 1 is 0.571 bits per heavy atom. The Labute approximate surface area is 90.5 Å². The quantitative estimate of drug-likeness (QED) is 0.720. The van der Waals surface area contributed by atoms with Gasteiger partial charge < -0.3 is 5.73 Å². The van der Waals surface area contributed by atoms with Gasteiger partial charge in [0.2, 0.25) is 0 Å². The van der Waals surface area contributed by atoms with E-state index in [1.165, 1.54) is 0 Å². The van der Waals surface area contributed by atoms with E-state index in [0.717, 1.165) is 5.92 Å². The van der Waals surface area contributed by atoms with E-state index in [9.17, 15) is 0 Å². The van der Waals surface area contributed by atoms with E-state index in [0.29, 0.717) is 29.7 Å². The second kappa shape index (κ2) is 5.75. The molecule has 0 aromatic rings. The fourth-order valence-electron chi connectivity index (χ4n) is 1.88. The van der Waals surface area contributed by atoms with Crippen molar-refractivity contribution < 1.29 is 0 Å². The second-order valence-electron chi connectivity index (χ2n) is 5.64. The lowest BCUT2D eigenvalue weighted by Crippen LogP contribution is -2.41. The number of hydrogen-bond donors (Lipinski definition) is 1. The summed E-state index contributed by atoms with van der Waals surface area (Å²) >= 11 is 0. The summed E-state index contributed by atoms with van der Waals surface area (Å²) < 4.78 is 0. The molecule has 0 bridgehead atoms. The summed E-state index contributed by atoms with van der Waals surface area (Å²) in [4.78, 5) is 0. The van der Waals surface area contributed by atoms with E-state index in [-0.39, 0.29) is 0 Å². The summed E-state index contributed by atoms with van der Waals surface area (Å²) in [6.07, 6.45) is 0. The summed E-state index contributed by atoms with van der Waals surface area (Å²) in [7, 11) is 0. The third-order valence-corrected chi connectivity index (χ3v) is 4.15. The van der Waals surface area contributed by atoms with Crippen LogP contribution in [0.25, 0.3) is 0 Å². The lowest BCUT2D eigenvalue weighted by atomic mass is 9.75. The first kappa shape index (κ1) is 14.0. The van der Waals surface area contributed by atoms with Gasteiger partial charge in [0.1, 0.15) is 0 Å². The molecule has 0 radical (unpaired) electrons. The Balaban J connectivity index is 4.30. The van der Waals surface area contributed by atoms with Gasteiger partial charge in [-0.2, -0.15) is 0 Å². The molecule has 0 saturated carbocycles. The largest absolute Gasteiger partial charge is 0.327 e. The molecule has 86 valence electrons. The van der Waals surface area contributed by atoms with Crippen LogP contribution in [0.1, 0.15) is 48.5 Å². The highest BCUT2D eigenvalue weighted by Gasteiger charge is 2.27. The van der Waals surface area contributed by atoms with E-state index in [4.69, 9.17) is 5.73 Å². The SMILES string of the molecule is CC(C)C(C)C(C)C(N)C(C)C(C)C. The standard InChI is InChI=1S/C13H29N/c1-8(2)10(5)12(7)13(14)11(6)9(3)4/h8-13H,14H2,1-7H3. The van der Waals surface area contributed by atoms with Crippen LogP contribution in [0.3, 0.4) is 0 Å². The van der Waals surface area contributed by atoms with Gasteiger partial charge in [-0.1, -0.05) is 48.5 Å². The molecule has 0 aliphatic heterocycles. The predicted octanol–water partition coefficient (Wildman–Crippen LogP) is 3.53. The highest BCUT2D eigenvalue weighted by Crippen LogP contribution is 2.27. The summed E-state index contributed by atoms with van der Waals surface area (Å²) in [6, 6.07) is 0.340. The smallest absolute Gasteiger partial charge is 0.00954 e. The van der Waals surface area contributed by atoms with Gasteiger partial charge in [-0.15, -0.1) is 0 Å². The minimum atomic E-state index is 0.340. The van der Waals surface area contributed by atoms with Crippen LogP contribution in [0.15, 0.2) is 0 Å². The van der Waals surface area contributed by atoms with Gasteiger partial charge >= 0.3 is 0 Å². The summed E-state index contributed by atoms with van der Waals surface area (Å²) in [6.45, 7) is 16.0. The van der Waals surface area contributed by atoms with Gasteiger partial charge in [0.05, 0.1) is 0 Å². The lowest BCUT2D eigenvalue weighted by Gasteiger charge is -2.34. The monoisotopic (exact) mass is 199 g/mol. The van der Waals surface area contributed by atoms with Crippen LogP contribution in [0.2, 0.25) is 0 Å². The molecule has 1 heteroatoms. The molecule has 0 aromatic heterocycles. The van der Waals surface area contributed by atoms with Gasteiger partial charge in [-0.25, -0.2) is 0 Å². The zero-order valence-corrected chi connectivity index (χ0v) is 11.0. The average Bonchev–Trinajstić information content (AvgIpc) is 2.12. The number of nitrogens with two attached hydrogens (primary N) is 1. The molecule has 4 atom stereocenters. The van der Waals surface area contributed by atoms with E-state index in [1.807, 2.05) is 0 Å². The van der Waals surface area contributed by atoms with Gasteiger partial charge in [0.25, 0.3) is 0 Å². The minimum absolute atomic E-state index is 0.340. The molecule has 0 spiro atoms. The summed E-state index contributed by atoms with van der Waals surface area (Å²) in [5, 5.41) is 0. The highest BCUT2D eigenvalue weighted by atomic mass is 14.7. The van der Waals surface area contributed by atoms with E-state index >= 15 is 0 Å². The number of rotatable bonds is 5. The summed E-state index contributed by atoms with van der Waals surface area (Å²) in [5.74, 6) is 3.37. The average molecular weight is 199 g/mol. The first-order valence-electron chi connectivity index (χ1n) is 6.04. The first-order chi connectivity index (χ1) is 6.29. The van der Waals surface area contributed by atoms with Crippen LogP contribution in [0.5, 0.6) is 0 Å². The van der Waals surface area contributed by atoms with Crippen molar-refractivity contribution in [2.45, 2.75) is 54.5 Å². The van der Waals surface area contributed by atoms with Crippen molar-refractivity contribution in [3.63, 3.8) is 0 Å². The van der Waals surface area contributed by atoms with Crippen LogP contribution in [0, 0.1) is 29.6 Å². The normalized spacial score (nSPS) is 21.0. The Morgan fingerprint density at radius 2 is 0.929 bits per heavy atom. The van der Waals surface area contributed by atoms with Gasteiger partial charge in [0.15, 0.2) is 0 Å². The molecule has 0 aromatic carbocycles. The van der Waals surface area contributed by atoms with Gasteiger partial charge in [-0.05, 0) is 29.6 Å². The fourth-order valence-corrected chi connectivity index (χ4v) is 1.88. The molecule has 0 aliphatic rings. The second-order valence-corrected chi connectivity index (χ2v) is 5.64. The van der Waals surface area contributed by atoms with Crippen LogP contribution in [0.4, 0.5) is 0 Å². The molecule has 4 unspecified atom stereocenters. The Kier molecular flexibility index (Phi) is 5.73. The third kappa shape index (κ3) is 3.61. The lowest BCUT2D eigenvalue weighted by molar-refractivity contribution is 0.193. The van der Waals surface area contributed by atoms with Gasteiger partial charge in [-0.3, -0.25) is 0 Å². The maximum absolute atomic E-state index is 6.30. The van der Waals surface area contributed by atoms with Crippen LogP contribution in [-0.4, -0.2) is 6.04 Å². The molecule has 0 fully saturated rings. The molecular weight excluding hydrogens is 170 g/mol. The zero-order valence-electron chi connectivity index (χ0n) is 11.0. The molecule has 1 nitrogen and oxygen atoms in total. The third-order valence-electron chi connectivity index (χ3n) is 4.15. The molecule has 2 N–H and O–H groups in total. The van der Waals surface area contributed by atoms with Crippen molar-refractivity contribution in [2.75, 3.05) is 0 Å². The van der Waals surface area contributed by atoms with Crippen molar-refractivity contribution in [2.24, 2.45) is 35.3 Å². The van der Waals surface area contributed by atoms with Crippen molar-refractivity contribution in [3.05, 3.63) is 0 Å². The molecule has 0 amide bonds. The number of hydrogen-bond acceptors (Lipinski definition) is 1. The van der Waals surface area contributed by atoms with E-state index in [2.05, 4.69) is 48.5 Å². The molecule has 14 heavy (non-hydrogen) atoms. The van der Waals surface area contributed by atoms with Crippen LogP contribution >= 0.6 is 0 Å². The first-order valence-corrected chi connectivity index (χ1v) is 6.04. The van der Waals surface area contributed by atoms with Gasteiger partial charge in [0, 0.05) is 6.04 Å². The molecule has 0 aliphatic carbocycles. The molecule has 0 saturated heterocycles. The van der Waals surface area contributed by atoms with E-state index in [1.54, 1.807) is 0 Å². The molecule has 0 rings (SSSR count). The Bertz CT molecular complexity index is 133. The van der Waals surface area contributed by atoms with Crippen molar-refractivity contribution in [1.82, 2.24) is 0 Å². The van der Waals surface area contributed by atoms with Crippen molar-refractivity contribution in [1.29, 1.82) is 0 Å². The fraction of sp³-hybridized carbons (Fsp3) is 1.00. The van der Waals surface area contributed by atoms with Crippen LogP contribution in [-0.2, 0) is 0 Å². The maximum atomic E-state index is 6.30. The summed E-state index contributed by atoms with van der Waals surface area (Å²) in [5.41, 5.74) is 6.30. The predicted molar refractivity (Wildman–Crippen MR) is 65.1 cm³/mol. The highest BCUT2D eigenvalue weighted by molar-refractivity contribution is 4.81. The van der Waals surface area contributed by atoms with Crippen LogP contribution < -0.4 is 5.73 Å². The molecular formula is C13H29N. The zero-order chi connectivity index (χ0) is 11.5. The van der Waals surface area contributed by atoms with Crippen molar-refractivity contribution >= 4 is 0 Å². The molecule has 0 heterocycles. The minimum Gasteiger partial charge on any atom is -0.327 e.